The van der Waals surface area contributed by atoms with Crippen LogP contribution in [0.2, 0.25) is 0 Å². The van der Waals surface area contributed by atoms with E-state index in [2.05, 4.69) is 20.2 Å². The Morgan fingerprint density at radius 3 is 2.79 bits per heavy atom. The molecule has 0 radical (unpaired) electrons. The number of carbonyl (C=O) groups excluding carboxylic acids is 1. The summed E-state index contributed by atoms with van der Waals surface area (Å²) in [6.45, 7) is 0.749. The minimum atomic E-state index is -0.477. The Morgan fingerprint density at radius 2 is 2.17 bits per heavy atom. The first-order valence-electron chi connectivity index (χ1n) is 7.26. The molecule has 0 saturated heterocycles. The summed E-state index contributed by atoms with van der Waals surface area (Å²) >= 11 is 1.56. The Morgan fingerprint density at radius 1 is 1.38 bits per heavy atom. The molecule has 9 nitrogen and oxygen atoms in total. The number of thiazole rings is 1. The topological polar surface area (TPSA) is 108 Å². The van der Waals surface area contributed by atoms with Gasteiger partial charge in [-0.15, -0.1) is 16.4 Å². The highest BCUT2D eigenvalue weighted by atomic mass is 32.1. The molecule has 3 aromatic heterocycles. The molecular weight excluding hydrogens is 328 g/mol. The van der Waals surface area contributed by atoms with Crippen LogP contribution in [0.15, 0.2) is 17.6 Å². The number of rotatable bonds is 6. The number of hydrogen-bond acceptors (Lipinski definition) is 7. The van der Waals surface area contributed by atoms with Gasteiger partial charge < -0.3 is 10.6 Å². The smallest absolute Gasteiger partial charge is 0.225 e. The number of nitrogens with two attached hydrogens (primary N) is 1. The fraction of sp³-hybridized carbons (Fsp3) is 0.357. The molecule has 3 aromatic rings. The van der Waals surface area contributed by atoms with E-state index in [0.29, 0.717) is 17.3 Å². The van der Waals surface area contributed by atoms with E-state index in [0.717, 1.165) is 17.4 Å². The first-order chi connectivity index (χ1) is 11.4. The van der Waals surface area contributed by atoms with E-state index in [-0.39, 0.29) is 6.42 Å². The van der Waals surface area contributed by atoms with Gasteiger partial charge in [-0.3, -0.25) is 9.48 Å². The summed E-state index contributed by atoms with van der Waals surface area (Å²) in [5.74, 6) is 1.18. The maximum atomic E-state index is 11.2. The Bertz CT molecular complexity index is 862. The fourth-order valence-corrected chi connectivity index (χ4v) is 3.13. The van der Waals surface area contributed by atoms with Crippen LogP contribution in [0.4, 0.5) is 0 Å². The molecule has 126 valence electrons. The summed E-state index contributed by atoms with van der Waals surface area (Å²) < 4.78 is 3.32. The molecule has 3 heterocycles. The highest BCUT2D eigenvalue weighted by molar-refractivity contribution is 7.09. The third kappa shape index (κ3) is 3.34. The molecule has 10 heteroatoms. The summed E-state index contributed by atoms with van der Waals surface area (Å²) in [6.07, 6.45) is 1.65. The lowest BCUT2D eigenvalue weighted by molar-refractivity contribution is -0.117. The van der Waals surface area contributed by atoms with Gasteiger partial charge in [-0.1, -0.05) is 0 Å². The van der Waals surface area contributed by atoms with E-state index in [1.54, 1.807) is 26.9 Å². The van der Waals surface area contributed by atoms with E-state index in [1.165, 1.54) is 0 Å². The van der Waals surface area contributed by atoms with Crippen molar-refractivity contribution in [3.8, 4) is 17.3 Å². The minimum Gasteiger partial charge on any atom is -0.369 e. The molecule has 0 aromatic carbocycles. The van der Waals surface area contributed by atoms with Crippen molar-refractivity contribution in [1.82, 2.24) is 34.4 Å². The lowest BCUT2D eigenvalue weighted by Gasteiger charge is -2.05. The number of aromatic nitrogens is 6. The SMILES string of the molecule is CN(C)Cc1nc(-c2nc(CC(N)=O)nn2-c2ccnn2C)cs1. The van der Waals surface area contributed by atoms with E-state index in [4.69, 9.17) is 5.73 Å². The first-order valence-corrected chi connectivity index (χ1v) is 8.14. The lowest BCUT2D eigenvalue weighted by Crippen LogP contribution is -2.15. The number of aryl methyl sites for hydroxylation is 1. The van der Waals surface area contributed by atoms with E-state index < -0.39 is 5.91 Å². The predicted molar refractivity (Wildman–Crippen MR) is 89.5 cm³/mol. The predicted octanol–water partition coefficient (Wildman–Crippen LogP) is 0.214. The molecule has 0 aliphatic carbocycles. The van der Waals surface area contributed by atoms with Gasteiger partial charge in [0, 0.05) is 25.0 Å². The molecule has 0 aliphatic heterocycles. The second-order valence-corrected chi connectivity index (χ2v) is 6.53. The van der Waals surface area contributed by atoms with Gasteiger partial charge in [0.2, 0.25) is 5.91 Å². The van der Waals surface area contributed by atoms with Gasteiger partial charge in [0.15, 0.2) is 17.5 Å². The fourth-order valence-electron chi connectivity index (χ4n) is 2.24. The van der Waals surface area contributed by atoms with Crippen LogP contribution < -0.4 is 5.73 Å². The highest BCUT2D eigenvalue weighted by Gasteiger charge is 2.19. The van der Waals surface area contributed by atoms with Crippen molar-refractivity contribution in [2.24, 2.45) is 12.8 Å². The zero-order chi connectivity index (χ0) is 17.3. The number of primary amides is 1. The number of amides is 1. The van der Waals surface area contributed by atoms with Crippen molar-refractivity contribution < 1.29 is 4.79 Å². The van der Waals surface area contributed by atoms with Crippen LogP contribution >= 0.6 is 11.3 Å². The van der Waals surface area contributed by atoms with Crippen LogP contribution in [0.3, 0.4) is 0 Å². The Kier molecular flexibility index (Phi) is 4.40. The summed E-state index contributed by atoms with van der Waals surface area (Å²) in [5.41, 5.74) is 5.97. The Hall–Kier alpha value is -2.59. The molecule has 1 amide bonds. The molecule has 3 rings (SSSR count). The molecule has 0 atom stereocenters. The van der Waals surface area contributed by atoms with Crippen LogP contribution in [0.5, 0.6) is 0 Å². The van der Waals surface area contributed by atoms with Crippen molar-refractivity contribution in [1.29, 1.82) is 0 Å². The van der Waals surface area contributed by atoms with Crippen molar-refractivity contribution in [2.75, 3.05) is 14.1 Å². The molecule has 2 N–H and O–H groups in total. The summed E-state index contributed by atoms with van der Waals surface area (Å²) in [5, 5.41) is 11.5. The molecule has 0 unspecified atom stereocenters. The second kappa shape index (κ2) is 6.49. The molecule has 0 bridgehead atoms. The Balaban J connectivity index is 2.05. The van der Waals surface area contributed by atoms with E-state index in [9.17, 15) is 4.79 Å². The minimum absolute atomic E-state index is 0.0213. The molecule has 0 fully saturated rings. The van der Waals surface area contributed by atoms with Gasteiger partial charge in [0.25, 0.3) is 0 Å². The monoisotopic (exact) mass is 346 g/mol. The molecule has 0 spiro atoms. The van der Waals surface area contributed by atoms with E-state index >= 15 is 0 Å². The van der Waals surface area contributed by atoms with E-state index in [1.807, 2.05) is 37.5 Å². The molecule has 0 aliphatic rings. The van der Waals surface area contributed by atoms with Gasteiger partial charge in [0.1, 0.15) is 10.7 Å². The summed E-state index contributed by atoms with van der Waals surface area (Å²) in [4.78, 5) is 22.3. The van der Waals surface area contributed by atoms with Gasteiger partial charge >= 0.3 is 0 Å². The maximum absolute atomic E-state index is 11.2. The van der Waals surface area contributed by atoms with Crippen molar-refractivity contribution in [2.45, 2.75) is 13.0 Å². The van der Waals surface area contributed by atoms with Gasteiger partial charge in [-0.25, -0.2) is 9.97 Å². The normalized spacial score (nSPS) is 11.3. The van der Waals surface area contributed by atoms with Crippen molar-refractivity contribution in [3.05, 3.63) is 28.5 Å². The standard InChI is InChI=1S/C14H18N8OS/c1-20(2)7-12-17-9(8-24-12)14-18-11(6-10(15)23)19-22(14)13-4-5-16-21(13)3/h4-5,8H,6-7H2,1-3H3,(H2,15,23). The molecule has 24 heavy (non-hydrogen) atoms. The lowest BCUT2D eigenvalue weighted by atomic mass is 10.4. The average Bonchev–Trinajstić information content (AvgIpc) is 3.17. The van der Waals surface area contributed by atoms with Gasteiger partial charge in [-0.05, 0) is 14.1 Å². The molecule has 0 saturated carbocycles. The van der Waals surface area contributed by atoms with Crippen LogP contribution in [0.1, 0.15) is 10.8 Å². The zero-order valence-corrected chi connectivity index (χ0v) is 14.5. The van der Waals surface area contributed by atoms with Gasteiger partial charge in [-0.2, -0.15) is 9.78 Å². The van der Waals surface area contributed by atoms with Crippen LogP contribution in [-0.4, -0.2) is 54.4 Å². The quantitative estimate of drug-likeness (QED) is 0.684. The summed E-state index contributed by atoms with van der Waals surface area (Å²) in [6, 6.07) is 1.82. The number of carbonyl (C=O) groups is 1. The van der Waals surface area contributed by atoms with Crippen molar-refractivity contribution >= 4 is 17.2 Å². The van der Waals surface area contributed by atoms with Crippen LogP contribution in [0, 0.1) is 0 Å². The third-order valence-electron chi connectivity index (χ3n) is 3.23. The van der Waals surface area contributed by atoms with Gasteiger partial charge in [0.05, 0.1) is 12.6 Å². The van der Waals surface area contributed by atoms with Crippen molar-refractivity contribution in [3.63, 3.8) is 0 Å². The Labute approximate surface area is 142 Å². The highest BCUT2D eigenvalue weighted by Crippen LogP contribution is 2.23. The molecular formula is C14H18N8OS. The summed E-state index contributed by atoms with van der Waals surface area (Å²) in [7, 11) is 5.79. The second-order valence-electron chi connectivity index (χ2n) is 5.58. The largest absolute Gasteiger partial charge is 0.369 e. The number of nitrogens with zero attached hydrogens (tertiary/aromatic N) is 7. The van der Waals surface area contributed by atoms with Crippen LogP contribution in [0.25, 0.3) is 17.3 Å². The maximum Gasteiger partial charge on any atom is 0.225 e. The zero-order valence-electron chi connectivity index (χ0n) is 13.7. The first kappa shape index (κ1) is 16.3. The average molecular weight is 346 g/mol. The van der Waals surface area contributed by atoms with Crippen LogP contribution in [-0.2, 0) is 24.8 Å². The third-order valence-corrected chi connectivity index (χ3v) is 4.06. The number of hydrogen-bond donors (Lipinski definition) is 1.